The van der Waals surface area contributed by atoms with E-state index in [1.807, 2.05) is 60.6 Å². The van der Waals surface area contributed by atoms with E-state index in [2.05, 4.69) is 0 Å². The number of hydroxylamine groups is 2. The predicted molar refractivity (Wildman–Crippen MR) is 131 cm³/mol. The number of methoxy groups -OCH3 is 1. The molecule has 0 aliphatic carbocycles. The highest BCUT2D eigenvalue weighted by atomic mass is 16.5. The SMILES string of the molecule is COc1ccc(/C=C/C(=O)C(=O)C/C=C\C(C)(C)C)cc1OC1CC(C)(C)N(O)C(C)(C)C1. The maximum absolute atomic E-state index is 12.2. The van der Waals surface area contributed by atoms with Gasteiger partial charge in [0.25, 0.3) is 0 Å². The molecule has 2 rings (SSSR count). The van der Waals surface area contributed by atoms with Gasteiger partial charge in [0.2, 0.25) is 11.6 Å². The smallest absolute Gasteiger partial charge is 0.221 e. The molecule has 1 N–H and O–H groups in total. The fourth-order valence-electron chi connectivity index (χ4n) is 4.22. The van der Waals surface area contributed by atoms with Crippen molar-refractivity contribution < 1.29 is 24.3 Å². The van der Waals surface area contributed by atoms with Crippen LogP contribution in [0.2, 0.25) is 0 Å². The molecule has 1 saturated heterocycles. The van der Waals surface area contributed by atoms with Crippen LogP contribution in [0.3, 0.4) is 0 Å². The van der Waals surface area contributed by atoms with Gasteiger partial charge in [0.15, 0.2) is 11.5 Å². The number of hydrogen-bond donors (Lipinski definition) is 1. The highest BCUT2D eigenvalue weighted by Gasteiger charge is 2.46. The lowest BCUT2D eigenvalue weighted by Crippen LogP contribution is -2.61. The lowest BCUT2D eigenvalue weighted by Gasteiger charge is -2.51. The molecule has 1 aromatic rings. The zero-order valence-electron chi connectivity index (χ0n) is 21.3. The van der Waals surface area contributed by atoms with E-state index in [9.17, 15) is 14.8 Å². The summed E-state index contributed by atoms with van der Waals surface area (Å²) in [5, 5.41) is 11.9. The summed E-state index contributed by atoms with van der Waals surface area (Å²) < 4.78 is 11.8. The Bertz CT molecular complexity index is 903. The molecule has 1 aliphatic heterocycles. The van der Waals surface area contributed by atoms with Gasteiger partial charge in [-0.15, -0.1) is 0 Å². The fraction of sp³-hybridized carbons (Fsp3) is 0.556. The van der Waals surface area contributed by atoms with Crippen molar-refractivity contribution in [2.75, 3.05) is 7.11 Å². The molecule has 0 bridgehead atoms. The van der Waals surface area contributed by atoms with Crippen LogP contribution in [-0.4, -0.2) is 46.1 Å². The zero-order valence-corrected chi connectivity index (χ0v) is 21.3. The molecular weight excluding hydrogens is 418 g/mol. The number of benzene rings is 1. The Hall–Kier alpha value is -2.44. The summed E-state index contributed by atoms with van der Waals surface area (Å²) in [5.74, 6) is 0.168. The lowest BCUT2D eigenvalue weighted by atomic mass is 9.80. The average Bonchev–Trinajstić information content (AvgIpc) is 2.68. The van der Waals surface area contributed by atoms with Crippen LogP contribution in [0.5, 0.6) is 11.5 Å². The number of allylic oxidation sites excluding steroid dienone is 3. The van der Waals surface area contributed by atoms with Gasteiger partial charge >= 0.3 is 0 Å². The molecular formula is C27H39NO5. The van der Waals surface area contributed by atoms with E-state index in [0.29, 0.717) is 24.3 Å². The summed E-state index contributed by atoms with van der Waals surface area (Å²) in [6.07, 6.45) is 7.85. The van der Waals surface area contributed by atoms with Crippen molar-refractivity contribution >= 4 is 17.6 Å². The second-order valence-corrected chi connectivity index (χ2v) is 11.1. The first-order valence-corrected chi connectivity index (χ1v) is 11.4. The van der Waals surface area contributed by atoms with Gasteiger partial charge in [0.1, 0.15) is 6.10 Å². The largest absolute Gasteiger partial charge is 0.493 e. The number of rotatable bonds is 8. The van der Waals surface area contributed by atoms with E-state index in [0.717, 1.165) is 5.56 Å². The van der Waals surface area contributed by atoms with E-state index < -0.39 is 22.6 Å². The minimum atomic E-state index is -0.536. The Kier molecular flexibility index (Phi) is 8.31. The van der Waals surface area contributed by atoms with Gasteiger partial charge in [-0.05, 0) is 56.9 Å². The number of piperidine rings is 1. The van der Waals surface area contributed by atoms with Gasteiger partial charge in [-0.1, -0.05) is 45.1 Å². The Morgan fingerprint density at radius 1 is 1.12 bits per heavy atom. The number of carbonyl (C=O) groups is 2. The van der Waals surface area contributed by atoms with Crippen LogP contribution in [0.4, 0.5) is 0 Å². The molecule has 0 aromatic heterocycles. The molecule has 0 amide bonds. The van der Waals surface area contributed by atoms with Crippen molar-refractivity contribution in [1.82, 2.24) is 5.06 Å². The molecule has 0 radical (unpaired) electrons. The van der Waals surface area contributed by atoms with E-state index in [1.165, 1.54) is 11.1 Å². The van der Waals surface area contributed by atoms with Crippen LogP contribution in [0.15, 0.2) is 36.4 Å². The van der Waals surface area contributed by atoms with E-state index >= 15 is 0 Å². The van der Waals surface area contributed by atoms with Crippen molar-refractivity contribution in [3.05, 3.63) is 42.0 Å². The van der Waals surface area contributed by atoms with Gasteiger partial charge in [-0.2, -0.15) is 5.06 Å². The number of ketones is 2. The minimum Gasteiger partial charge on any atom is -0.493 e. The summed E-state index contributed by atoms with van der Waals surface area (Å²) in [6, 6.07) is 5.40. The van der Waals surface area contributed by atoms with Gasteiger partial charge < -0.3 is 14.7 Å². The van der Waals surface area contributed by atoms with Crippen molar-refractivity contribution in [3.63, 3.8) is 0 Å². The molecule has 1 fully saturated rings. The Morgan fingerprint density at radius 3 is 2.27 bits per heavy atom. The number of Topliss-reactive ketones (excluding diaryl/α,β-unsaturated/α-hetero) is 1. The highest BCUT2D eigenvalue weighted by Crippen LogP contribution is 2.40. The maximum atomic E-state index is 12.2. The topological polar surface area (TPSA) is 76.1 Å². The van der Waals surface area contributed by atoms with Gasteiger partial charge in [0.05, 0.1) is 7.11 Å². The normalized spacial score (nSPS) is 19.2. The second-order valence-electron chi connectivity index (χ2n) is 11.1. The fourth-order valence-corrected chi connectivity index (χ4v) is 4.22. The number of hydrogen-bond acceptors (Lipinski definition) is 6. The Labute approximate surface area is 198 Å². The summed E-state index contributed by atoms with van der Waals surface area (Å²) >= 11 is 0. The molecule has 0 saturated carbocycles. The monoisotopic (exact) mass is 457 g/mol. The van der Waals surface area contributed by atoms with Crippen LogP contribution < -0.4 is 9.47 Å². The quantitative estimate of drug-likeness (QED) is 0.310. The van der Waals surface area contributed by atoms with Crippen molar-refractivity contribution in [2.24, 2.45) is 5.41 Å². The van der Waals surface area contributed by atoms with E-state index in [4.69, 9.17) is 9.47 Å². The Balaban J connectivity index is 2.14. The average molecular weight is 458 g/mol. The van der Waals surface area contributed by atoms with Crippen molar-refractivity contribution in [3.8, 4) is 11.5 Å². The second kappa shape index (κ2) is 10.2. The summed E-state index contributed by atoms with van der Waals surface area (Å²) in [5.41, 5.74) is -0.177. The van der Waals surface area contributed by atoms with Crippen molar-refractivity contribution in [1.29, 1.82) is 0 Å². The van der Waals surface area contributed by atoms with E-state index in [1.54, 1.807) is 31.4 Å². The third-order valence-corrected chi connectivity index (χ3v) is 5.71. The molecule has 33 heavy (non-hydrogen) atoms. The first-order valence-electron chi connectivity index (χ1n) is 11.4. The summed E-state index contributed by atoms with van der Waals surface area (Å²) in [7, 11) is 1.58. The number of ether oxygens (including phenoxy) is 2. The molecule has 182 valence electrons. The van der Waals surface area contributed by atoms with Crippen LogP contribution in [0, 0.1) is 5.41 Å². The Morgan fingerprint density at radius 2 is 1.73 bits per heavy atom. The standard InChI is InChI=1S/C27H39NO5/c1-25(2,3)15-9-10-21(29)22(30)13-11-19-12-14-23(32-8)24(16-19)33-20-17-26(4,5)28(31)27(6,7)18-20/h9,11-16,20,31H,10,17-18H2,1-8H3/b13-11+,15-9-. The molecule has 0 spiro atoms. The third kappa shape index (κ3) is 7.54. The van der Waals surface area contributed by atoms with Gasteiger partial charge in [-0.25, -0.2) is 0 Å². The molecule has 6 heteroatoms. The maximum Gasteiger partial charge on any atom is 0.221 e. The first-order chi connectivity index (χ1) is 15.1. The van der Waals surface area contributed by atoms with E-state index in [-0.39, 0.29) is 17.9 Å². The predicted octanol–water partition coefficient (Wildman–Crippen LogP) is 5.63. The van der Waals surface area contributed by atoms with Crippen LogP contribution >= 0.6 is 0 Å². The number of nitrogens with zero attached hydrogens (tertiary/aromatic N) is 1. The lowest BCUT2D eigenvalue weighted by molar-refractivity contribution is -0.254. The van der Waals surface area contributed by atoms with Crippen LogP contribution in [0.1, 0.15) is 73.3 Å². The van der Waals surface area contributed by atoms with Gasteiger partial charge in [-0.3, -0.25) is 9.59 Å². The summed E-state index contributed by atoms with van der Waals surface area (Å²) in [6.45, 7) is 14.1. The molecule has 1 aliphatic rings. The first kappa shape index (κ1) is 26.8. The molecule has 1 heterocycles. The molecule has 1 aromatic carbocycles. The van der Waals surface area contributed by atoms with Crippen molar-refractivity contribution in [2.45, 2.75) is 84.9 Å². The molecule has 6 nitrogen and oxygen atoms in total. The third-order valence-electron chi connectivity index (χ3n) is 5.71. The highest BCUT2D eigenvalue weighted by molar-refractivity contribution is 6.42. The molecule has 0 atom stereocenters. The molecule has 0 unspecified atom stereocenters. The zero-order chi connectivity index (χ0) is 25.0. The van der Waals surface area contributed by atoms with Gasteiger partial charge in [0, 0.05) is 30.3 Å². The summed E-state index contributed by atoms with van der Waals surface area (Å²) in [4.78, 5) is 24.3. The minimum absolute atomic E-state index is 0.0309. The number of carbonyl (C=O) groups excluding carboxylic acids is 2. The van der Waals surface area contributed by atoms with Crippen LogP contribution in [0.25, 0.3) is 6.08 Å². The van der Waals surface area contributed by atoms with Crippen LogP contribution in [-0.2, 0) is 9.59 Å².